The summed E-state index contributed by atoms with van der Waals surface area (Å²) in [6.07, 6.45) is 2.21. The van der Waals surface area contributed by atoms with Gasteiger partial charge in [-0.15, -0.1) is 0 Å². The Hall–Kier alpha value is -0.650. The van der Waals surface area contributed by atoms with Gasteiger partial charge in [0.2, 0.25) is 0 Å². The first-order valence-corrected chi connectivity index (χ1v) is 5.71. The van der Waals surface area contributed by atoms with Crippen molar-refractivity contribution < 1.29 is 14.3 Å². The van der Waals surface area contributed by atoms with E-state index in [1.807, 2.05) is 0 Å². The third-order valence-corrected chi connectivity index (χ3v) is 3.13. The van der Waals surface area contributed by atoms with Gasteiger partial charge in [-0.25, -0.2) is 0 Å². The lowest BCUT2D eigenvalue weighted by Crippen LogP contribution is -2.38. The van der Waals surface area contributed by atoms with Crippen molar-refractivity contribution in [2.24, 2.45) is 0 Å². The van der Waals surface area contributed by atoms with Crippen molar-refractivity contribution in [3.05, 3.63) is 0 Å². The molecule has 1 aliphatic rings. The lowest BCUT2D eigenvalue weighted by atomic mass is 10.2. The van der Waals surface area contributed by atoms with E-state index in [9.17, 15) is 4.79 Å². The van der Waals surface area contributed by atoms with Crippen molar-refractivity contribution in [3.8, 4) is 0 Å². The van der Waals surface area contributed by atoms with E-state index in [0.717, 1.165) is 32.5 Å². The molecule has 1 heterocycles. The summed E-state index contributed by atoms with van der Waals surface area (Å²) in [6, 6.07) is -0.202. The first kappa shape index (κ1) is 13.4. The number of carbonyl (C=O) groups excluding carboxylic acids is 1. The fraction of sp³-hybridized carbons (Fsp3) is 0.909. The van der Waals surface area contributed by atoms with Gasteiger partial charge in [0, 0.05) is 26.7 Å². The van der Waals surface area contributed by atoms with E-state index in [1.165, 1.54) is 7.11 Å². The number of nitrogens with one attached hydrogen (secondary N) is 1. The predicted molar refractivity (Wildman–Crippen MR) is 61.3 cm³/mol. The van der Waals surface area contributed by atoms with Crippen LogP contribution in [0.5, 0.6) is 0 Å². The van der Waals surface area contributed by atoms with Gasteiger partial charge >= 0.3 is 5.97 Å². The maximum absolute atomic E-state index is 11.3. The average Bonchev–Trinajstić information content (AvgIpc) is 2.77. The van der Waals surface area contributed by atoms with Crippen LogP contribution in [0, 0.1) is 0 Å². The second kappa shape index (κ2) is 6.83. The van der Waals surface area contributed by atoms with E-state index >= 15 is 0 Å². The number of rotatable bonds is 6. The quantitative estimate of drug-likeness (QED) is 0.644. The summed E-state index contributed by atoms with van der Waals surface area (Å²) < 4.78 is 10.0. The van der Waals surface area contributed by atoms with Crippen LogP contribution in [0.25, 0.3) is 0 Å². The van der Waals surface area contributed by atoms with Crippen LogP contribution in [0.3, 0.4) is 0 Å². The number of likely N-dealkylation sites (N-methyl/N-ethyl adjacent to an activating group) is 1. The normalized spacial score (nSPS) is 23.3. The molecule has 0 radical (unpaired) electrons. The monoisotopic (exact) mass is 230 g/mol. The zero-order valence-electron chi connectivity index (χ0n) is 10.4. The molecule has 1 rings (SSSR count). The minimum atomic E-state index is -0.202. The lowest BCUT2D eigenvalue weighted by Gasteiger charge is -2.19. The zero-order valence-corrected chi connectivity index (χ0v) is 10.4. The molecule has 0 aromatic rings. The topological polar surface area (TPSA) is 50.8 Å². The number of methoxy groups -OCH3 is 2. The molecule has 1 fully saturated rings. The van der Waals surface area contributed by atoms with E-state index in [4.69, 9.17) is 9.47 Å². The number of ether oxygens (including phenoxy) is 2. The van der Waals surface area contributed by atoms with Crippen LogP contribution in [-0.4, -0.2) is 63.9 Å². The van der Waals surface area contributed by atoms with Gasteiger partial charge in [-0.1, -0.05) is 0 Å². The molecule has 1 aliphatic heterocycles. The van der Waals surface area contributed by atoms with Crippen LogP contribution >= 0.6 is 0 Å². The summed E-state index contributed by atoms with van der Waals surface area (Å²) in [5.74, 6) is -0.190. The highest BCUT2D eigenvalue weighted by atomic mass is 16.5. The summed E-state index contributed by atoms with van der Waals surface area (Å²) in [4.78, 5) is 13.7. The Morgan fingerprint density at radius 2 is 2.31 bits per heavy atom. The van der Waals surface area contributed by atoms with E-state index in [-0.39, 0.29) is 12.0 Å². The fourth-order valence-electron chi connectivity index (χ4n) is 2.03. The van der Waals surface area contributed by atoms with Crippen LogP contribution < -0.4 is 5.32 Å². The molecule has 0 aromatic carbocycles. The molecule has 16 heavy (non-hydrogen) atoms. The van der Waals surface area contributed by atoms with Gasteiger partial charge < -0.3 is 19.7 Å². The van der Waals surface area contributed by atoms with Crippen LogP contribution in [0.2, 0.25) is 0 Å². The van der Waals surface area contributed by atoms with Gasteiger partial charge in [0.1, 0.15) is 6.04 Å². The number of likely N-dealkylation sites (tertiary alicyclic amines) is 1. The second-order valence-electron chi connectivity index (χ2n) is 4.10. The maximum Gasteiger partial charge on any atom is 0.322 e. The van der Waals surface area contributed by atoms with E-state index in [2.05, 4.69) is 10.2 Å². The molecule has 5 nitrogen and oxygen atoms in total. The van der Waals surface area contributed by atoms with Crippen molar-refractivity contribution >= 4 is 5.97 Å². The number of nitrogens with zero attached hydrogens (tertiary/aromatic N) is 1. The highest BCUT2D eigenvalue weighted by Crippen LogP contribution is 2.12. The minimum Gasteiger partial charge on any atom is -0.468 e. The first-order valence-electron chi connectivity index (χ1n) is 5.71. The molecule has 94 valence electrons. The average molecular weight is 230 g/mol. The molecule has 1 saturated heterocycles. The standard InChI is InChI=1S/C11H22N2O3/c1-12-10(11(14)16-3)5-7-13-6-4-9(8-13)15-2/h9-10,12H,4-8H2,1-3H3. The van der Waals surface area contributed by atoms with Gasteiger partial charge in [-0.05, 0) is 19.9 Å². The van der Waals surface area contributed by atoms with Crippen LogP contribution in [0.15, 0.2) is 0 Å². The molecular weight excluding hydrogens is 208 g/mol. The molecule has 1 N–H and O–H groups in total. The third kappa shape index (κ3) is 3.73. The Morgan fingerprint density at radius 3 is 2.81 bits per heavy atom. The van der Waals surface area contributed by atoms with E-state index in [1.54, 1.807) is 14.2 Å². The molecule has 0 amide bonds. The van der Waals surface area contributed by atoms with Crippen molar-refractivity contribution in [2.75, 3.05) is 40.9 Å². The molecule has 2 atom stereocenters. The van der Waals surface area contributed by atoms with E-state index < -0.39 is 0 Å². The summed E-state index contributed by atoms with van der Waals surface area (Å²) >= 11 is 0. The molecule has 0 aromatic heterocycles. The van der Waals surface area contributed by atoms with Crippen molar-refractivity contribution in [3.63, 3.8) is 0 Å². The Labute approximate surface area is 97.1 Å². The number of hydrogen-bond donors (Lipinski definition) is 1. The third-order valence-electron chi connectivity index (χ3n) is 3.13. The molecule has 2 unspecified atom stereocenters. The number of hydrogen-bond acceptors (Lipinski definition) is 5. The van der Waals surface area contributed by atoms with Gasteiger partial charge in [-0.3, -0.25) is 4.79 Å². The van der Waals surface area contributed by atoms with Gasteiger partial charge in [0.25, 0.3) is 0 Å². The molecule has 0 saturated carbocycles. The molecule has 0 spiro atoms. The molecule has 5 heteroatoms. The number of carbonyl (C=O) groups is 1. The Bertz CT molecular complexity index is 223. The Balaban J connectivity index is 2.25. The van der Waals surface area contributed by atoms with Gasteiger partial charge in [-0.2, -0.15) is 0 Å². The number of esters is 1. The highest BCUT2D eigenvalue weighted by Gasteiger charge is 2.24. The van der Waals surface area contributed by atoms with Crippen LogP contribution in [-0.2, 0) is 14.3 Å². The van der Waals surface area contributed by atoms with Gasteiger partial charge in [0.15, 0.2) is 0 Å². The Morgan fingerprint density at radius 1 is 1.56 bits per heavy atom. The largest absolute Gasteiger partial charge is 0.468 e. The van der Waals surface area contributed by atoms with Crippen LogP contribution in [0.4, 0.5) is 0 Å². The second-order valence-corrected chi connectivity index (χ2v) is 4.10. The fourth-order valence-corrected chi connectivity index (χ4v) is 2.03. The van der Waals surface area contributed by atoms with Crippen LogP contribution in [0.1, 0.15) is 12.8 Å². The molecule has 0 bridgehead atoms. The smallest absolute Gasteiger partial charge is 0.322 e. The molecule has 0 aliphatic carbocycles. The SMILES string of the molecule is CNC(CCN1CCC(OC)C1)C(=O)OC. The van der Waals surface area contributed by atoms with Crippen molar-refractivity contribution in [1.82, 2.24) is 10.2 Å². The summed E-state index contributed by atoms with van der Waals surface area (Å²) in [7, 11) is 4.95. The van der Waals surface area contributed by atoms with Gasteiger partial charge in [0.05, 0.1) is 13.2 Å². The summed E-state index contributed by atoms with van der Waals surface area (Å²) in [5.41, 5.74) is 0. The van der Waals surface area contributed by atoms with Crippen molar-refractivity contribution in [2.45, 2.75) is 25.0 Å². The Kier molecular flexibility index (Phi) is 5.73. The highest BCUT2D eigenvalue weighted by molar-refractivity contribution is 5.75. The van der Waals surface area contributed by atoms with Crippen molar-refractivity contribution in [1.29, 1.82) is 0 Å². The summed E-state index contributed by atoms with van der Waals surface area (Å²) in [5, 5.41) is 2.97. The lowest BCUT2D eigenvalue weighted by molar-refractivity contribution is -0.143. The predicted octanol–water partition coefficient (Wildman–Crippen LogP) is -0.142. The summed E-state index contributed by atoms with van der Waals surface area (Å²) in [6.45, 7) is 2.92. The zero-order chi connectivity index (χ0) is 12.0. The maximum atomic E-state index is 11.3. The van der Waals surface area contributed by atoms with E-state index in [0.29, 0.717) is 6.10 Å². The molecular formula is C11H22N2O3. The first-order chi connectivity index (χ1) is 7.71. The minimum absolute atomic E-state index is 0.190.